The molecule has 1 heterocycles. The molecule has 1 aromatic rings. The molecule has 0 radical (unpaired) electrons. The Bertz CT molecular complexity index is 596. The molecule has 0 aromatic heterocycles. The molecular formula is C22H35N3O2. The molecule has 1 atom stereocenters. The highest BCUT2D eigenvalue weighted by atomic mass is 16.2. The fraction of sp³-hybridized carbons (Fsp3) is 0.636. The largest absolute Gasteiger partial charge is 0.356 e. The molecule has 0 saturated carbocycles. The normalized spacial score (nSPS) is 17.2. The number of piperidine rings is 1. The van der Waals surface area contributed by atoms with Gasteiger partial charge in [-0.15, -0.1) is 0 Å². The molecule has 2 amide bonds. The first-order valence-electron chi connectivity index (χ1n) is 10.5. The Morgan fingerprint density at radius 2 is 1.85 bits per heavy atom. The van der Waals surface area contributed by atoms with Gasteiger partial charge in [-0.1, -0.05) is 39.3 Å². The van der Waals surface area contributed by atoms with Crippen molar-refractivity contribution in [2.75, 3.05) is 32.7 Å². The van der Waals surface area contributed by atoms with Crippen LogP contribution in [-0.2, 0) is 11.3 Å². The average molecular weight is 374 g/mol. The lowest BCUT2D eigenvalue weighted by Crippen LogP contribution is -2.45. The van der Waals surface area contributed by atoms with Crippen molar-refractivity contribution in [2.24, 2.45) is 5.92 Å². The minimum Gasteiger partial charge on any atom is -0.356 e. The van der Waals surface area contributed by atoms with E-state index in [4.69, 9.17) is 0 Å². The van der Waals surface area contributed by atoms with Crippen molar-refractivity contribution in [3.05, 3.63) is 35.4 Å². The summed E-state index contributed by atoms with van der Waals surface area (Å²) in [5, 5.41) is 3.01. The fourth-order valence-corrected chi connectivity index (χ4v) is 3.55. The molecule has 1 aliphatic rings. The molecule has 1 saturated heterocycles. The molecular weight excluding hydrogens is 338 g/mol. The number of unbranched alkanes of at least 4 members (excludes halogenated alkanes) is 1. The van der Waals surface area contributed by atoms with Gasteiger partial charge in [-0.2, -0.15) is 0 Å². The summed E-state index contributed by atoms with van der Waals surface area (Å²) in [6.45, 7) is 11.4. The van der Waals surface area contributed by atoms with Crippen LogP contribution in [0.1, 0.15) is 62.4 Å². The van der Waals surface area contributed by atoms with Crippen molar-refractivity contribution in [1.82, 2.24) is 15.1 Å². The third-order valence-corrected chi connectivity index (χ3v) is 5.41. The van der Waals surface area contributed by atoms with E-state index < -0.39 is 0 Å². The van der Waals surface area contributed by atoms with Crippen LogP contribution in [0.4, 0.5) is 0 Å². The zero-order valence-electron chi connectivity index (χ0n) is 17.2. The molecule has 27 heavy (non-hydrogen) atoms. The van der Waals surface area contributed by atoms with Gasteiger partial charge >= 0.3 is 0 Å². The maximum absolute atomic E-state index is 12.9. The third-order valence-electron chi connectivity index (χ3n) is 5.41. The topological polar surface area (TPSA) is 52.7 Å². The van der Waals surface area contributed by atoms with Gasteiger partial charge in [0.1, 0.15) is 0 Å². The van der Waals surface area contributed by atoms with Crippen molar-refractivity contribution in [1.29, 1.82) is 0 Å². The van der Waals surface area contributed by atoms with E-state index in [-0.39, 0.29) is 17.7 Å². The van der Waals surface area contributed by atoms with E-state index in [0.29, 0.717) is 12.1 Å². The molecule has 1 unspecified atom stereocenters. The minimum atomic E-state index is -0.0819. The van der Waals surface area contributed by atoms with Crippen LogP contribution in [0.3, 0.4) is 0 Å². The van der Waals surface area contributed by atoms with Crippen LogP contribution in [0.25, 0.3) is 0 Å². The Morgan fingerprint density at radius 1 is 1.15 bits per heavy atom. The molecule has 5 heteroatoms. The predicted octanol–water partition coefficient (Wildman–Crippen LogP) is 3.30. The van der Waals surface area contributed by atoms with E-state index >= 15 is 0 Å². The number of hydrogen-bond donors (Lipinski definition) is 1. The zero-order chi connectivity index (χ0) is 19.6. The van der Waals surface area contributed by atoms with Gasteiger partial charge in [-0.25, -0.2) is 0 Å². The van der Waals surface area contributed by atoms with E-state index in [9.17, 15) is 9.59 Å². The van der Waals surface area contributed by atoms with E-state index in [0.717, 1.165) is 58.4 Å². The van der Waals surface area contributed by atoms with Gasteiger partial charge in [0, 0.05) is 31.7 Å². The zero-order valence-corrected chi connectivity index (χ0v) is 17.2. The summed E-state index contributed by atoms with van der Waals surface area (Å²) in [6, 6.07) is 7.94. The number of carbonyl (C=O) groups excluding carboxylic acids is 2. The lowest BCUT2D eigenvalue weighted by Gasteiger charge is -2.32. The average Bonchev–Trinajstić information content (AvgIpc) is 2.72. The second kappa shape index (κ2) is 11.1. The molecule has 1 fully saturated rings. The Morgan fingerprint density at radius 3 is 2.48 bits per heavy atom. The van der Waals surface area contributed by atoms with Gasteiger partial charge in [0.25, 0.3) is 5.91 Å². The van der Waals surface area contributed by atoms with Crippen molar-refractivity contribution in [2.45, 2.75) is 53.0 Å². The quantitative estimate of drug-likeness (QED) is 0.676. The Balaban J connectivity index is 1.93. The summed E-state index contributed by atoms with van der Waals surface area (Å²) >= 11 is 0. The molecule has 2 rings (SSSR count). The maximum atomic E-state index is 12.9. The van der Waals surface area contributed by atoms with Crippen LogP contribution >= 0.6 is 0 Å². The minimum absolute atomic E-state index is 0.0375. The third kappa shape index (κ3) is 6.35. The molecule has 1 N–H and O–H groups in total. The summed E-state index contributed by atoms with van der Waals surface area (Å²) in [6.07, 6.45) is 3.82. The van der Waals surface area contributed by atoms with Crippen LogP contribution in [0.15, 0.2) is 24.3 Å². The number of nitrogens with one attached hydrogen (secondary N) is 1. The predicted molar refractivity (Wildman–Crippen MR) is 110 cm³/mol. The van der Waals surface area contributed by atoms with Gasteiger partial charge in [0.15, 0.2) is 0 Å². The van der Waals surface area contributed by atoms with Crippen molar-refractivity contribution in [3.63, 3.8) is 0 Å². The first-order valence-corrected chi connectivity index (χ1v) is 10.5. The van der Waals surface area contributed by atoms with E-state index in [1.165, 1.54) is 5.56 Å². The van der Waals surface area contributed by atoms with E-state index in [2.05, 4.69) is 31.0 Å². The van der Waals surface area contributed by atoms with Crippen molar-refractivity contribution in [3.8, 4) is 0 Å². The number of nitrogens with zero attached hydrogens (tertiary/aromatic N) is 2. The Hall–Kier alpha value is -1.88. The second-order valence-corrected chi connectivity index (χ2v) is 7.39. The second-order valence-electron chi connectivity index (χ2n) is 7.39. The molecule has 1 aliphatic heterocycles. The van der Waals surface area contributed by atoms with Gasteiger partial charge in [0.05, 0.1) is 5.92 Å². The first kappa shape index (κ1) is 21.4. The lowest BCUT2D eigenvalue weighted by atomic mass is 9.96. The first-order chi connectivity index (χ1) is 13.1. The molecule has 150 valence electrons. The van der Waals surface area contributed by atoms with Crippen LogP contribution in [0, 0.1) is 5.92 Å². The number of carbonyl (C=O) groups is 2. The van der Waals surface area contributed by atoms with E-state index in [1.807, 2.05) is 29.2 Å². The van der Waals surface area contributed by atoms with E-state index in [1.54, 1.807) is 0 Å². The van der Waals surface area contributed by atoms with Gasteiger partial charge < -0.3 is 10.2 Å². The Labute approximate surface area is 164 Å². The van der Waals surface area contributed by atoms with Gasteiger partial charge in [-0.05, 0) is 50.0 Å². The highest BCUT2D eigenvalue weighted by Crippen LogP contribution is 2.19. The number of rotatable bonds is 9. The molecule has 0 spiro atoms. The maximum Gasteiger partial charge on any atom is 0.253 e. The summed E-state index contributed by atoms with van der Waals surface area (Å²) in [5.74, 6) is 0.0486. The smallest absolute Gasteiger partial charge is 0.253 e. The Kier molecular flexibility index (Phi) is 8.79. The van der Waals surface area contributed by atoms with Crippen LogP contribution < -0.4 is 5.32 Å². The van der Waals surface area contributed by atoms with Crippen LogP contribution in [-0.4, -0.2) is 54.3 Å². The summed E-state index contributed by atoms with van der Waals surface area (Å²) in [4.78, 5) is 29.4. The van der Waals surface area contributed by atoms with Crippen LogP contribution in [0.5, 0.6) is 0 Å². The summed E-state index contributed by atoms with van der Waals surface area (Å²) < 4.78 is 0. The van der Waals surface area contributed by atoms with Gasteiger partial charge in [-0.3, -0.25) is 14.5 Å². The number of amides is 2. The van der Waals surface area contributed by atoms with Crippen molar-refractivity contribution < 1.29 is 9.59 Å². The highest BCUT2D eigenvalue weighted by Gasteiger charge is 2.28. The lowest BCUT2D eigenvalue weighted by molar-refractivity contribution is -0.126. The van der Waals surface area contributed by atoms with Crippen LogP contribution in [0.2, 0.25) is 0 Å². The molecule has 0 bridgehead atoms. The number of likely N-dealkylation sites (tertiary alicyclic amines) is 1. The van der Waals surface area contributed by atoms with Crippen molar-refractivity contribution >= 4 is 11.8 Å². The molecule has 0 aliphatic carbocycles. The van der Waals surface area contributed by atoms with Gasteiger partial charge in [0.2, 0.25) is 5.91 Å². The molecule has 1 aromatic carbocycles. The monoisotopic (exact) mass is 373 g/mol. The number of hydrogen-bond acceptors (Lipinski definition) is 3. The summed E-state index contributed by atoms with van der Waals surface area (Å²) in [7, 11) is 0. The fourth-order valence-electron chi connectivity index (χ4n) is 3.55. The molecule has 5 nitrogen and oxygen atoms in total. The SMILES string of the molecule is CCCCNC(=O)C1CCCN(C(=O)c2ccc(CN(CC)CC)cc2)C1. The highest BCUT2D eigenvalue weighted by molar-refractivity contribution is 5.94. The number of benzene rings is 1. The summed E-state index contributed by atoms with van der Waals surface area (Å²) in [5.41, 5.74) is 1.94. The standard InChI is InChI=1S/C22H35N3O2/c1-4-7-14-23-21(26)20-9-8-15-25(17-20)22(27)19-12-10-18(11-13-19)16-24(5-2)6-3/h10-13,20H,4-9,14-17H2,1-3H3,(H,23,26).